The molecule has 9 aromatic rings. The van der Waals surface area contributed by atoms with Gasteiger partial charge in [0.2, 0.25) is 0 Å². The average Bonchev–Trinajstić information content (AvgIpc) is 4.11. The van der Waals surface area contributed by atoms with E-state index in [-0.39, 0.29) is 0 Å². The maximum Gasteiger partial charge on any atom is 0.128 e. The number of hydrogen-bond acceptors (Lipinski definition) is 9. The van der Waals surface area contributed by atoms with Gasteiger partial charge in [0.05, 0.1) is 57.0 Å². The van der Waals surface area contributed by atoms with Gasteiger partial charge in [-0.05, 0) is 125 Å². The van der Waals surface area contributed by atoms with E-state index >= 15 is 0 Å². The number of rotatable bonds is 9. The second-order valence-electron chi connectivity index (χ2n) is 14.6. The van der Waals surface area contributed by atoms with Gasteiger partial charge in [0.1, 0.15) is 34.3 Å². The Hall–Kier alpha value is -7.86. The molecule has 0 atom stereocenters. The fraction of sp³-hybridized carbons (Fsp3) is 0.125. The first-order chi connectivity index (χ1) is 29.5. The Labute approximate surface area is 346 Å². The van der Waals surface area contributed by atoms with E-state index in [2.05, 4.69) is 67.3 Å². The molecule has 10 rings (SSSR count). The van der Waals surface area contributed by atoms with Crippen LogP contribution in [0.2, 0.25) is 0 Å². The molecule has 0 unspecified atom stereocenters. The number of ether oxygens (including phenoxy) is 3. The summed E-state index contributed by atoms with van der Waals surface area (Å²) in [5.74, 6) is 2.14. The lowest BCUT2D eigenvalue weighted by Gasteiger charge is -2.17. The monoisotopic (exact) mass is 789 g/mol. The Kier molecular flexibility index (Phi) is 9.41. The Balaban J connectivity index is 1.14. The smallest absolute Gasteiger partial charge is 0.128 e. The fourth-order valence-corrected chi connectivity index (χ4v) is 7.99. The minimum absolute atomic E-state index is 0.630. The number of methoxy groups -OCH3 is 3. The van der Waals surface area contributed by atoms with Crippen LogP contribution in [-0.4, -0.2) is 66.3 Å². The zero-order chi connectivity index (χ0) is 40.6. The quantitative estimate of drug-likeness (QED) is 0.142. The highest BCUT2D eigenvalue weighted by atomic mass is 16.5. The molecular formula is C48H39N9O3. The number of benzene rings is 6. The predicted molar refractivity (Wildman–Crippen MR) is 228 cm³/mol. The van der Waals surface area contributed by atoms with Crippen molar-refractivity contribution in [2.24, 2.45) is 0 Å². The second kappa shape index (κ2) is 15.5. The van der Waals surface area contributed by atoms with Crippen molar-refractivity contribution in [1.29, 1.82) is 0 Å². The molecule has 294 valence electrons. The van der Waals surface area contributed by atoms with Gasteiger partial charge in [-0.25, -0.2) is 14.0 Å². The van der Waals surface area contributed by atoms with Gasteiger partial charge >= 0.3 is 0 Å². The van der Waals surface area contributed by atoms with Crippen LogP contribution >= 0.6 is 0 Å². The van der Waals surface area contributed by atoms with Gasteiger partial charge in [-0.15, -0.1) is 15.3 Å². The normalized spacial score (nSPS) is 12.1. The average molecular weight is 790 g/mol. The van der Waals surface area contributed by atoms with Gasteiger partial charge in [-0.1, -0.05) is 70.2 Å². The molecule has 3 heterocycles. The molecule has 0 saturated carbocycles. The third kappa shape index (κ3) is 6.83. The van der Waals surface area contributed by atoms with Crippen LogP contribution < -0.4 is 14.2 Å². The van der Waals surface area contributed by atoms with E-state index in [9.17, 15) is 0 Å². The van der Waals surface area contributed by atoms with Crippen molar-refractivity contribution < 1.29 is 14.2 Å². The summed E-state index contributed by atoms with van der Waals surface area (Å²) in [6, 6.07) is 42.9. The summed E-state index contributed by atoms with van der Waals surface area (Å²) in [5.41, 5.74) is 14.2. The number of fused-ring (bicyclic) bond motifs is 3. The van der Waals surface area contributed by atoms with E-state index < -0.39 is 0 Å². The SMILES string of the molecule is COc1cc2c(cc1-c1cn(-c3ccccc3)nn1)Cc1cc(OC)c(-c3cn(-c4ccccc4)nn3)cc1Cc1cc(OC)c(-c3cn(-c4ccccc4)nn3)cc1C2. The minimum atomic E-state index is 0.630. The van der Waals surface area contributed by atoms with Crippen LogP contribution in [-0.2, 0) is 19.3 Å². The molecule has 0 bridgehead atoms. The van der Waals surface area contributed by atoms with Crippen molar-refractivity contribution in [3.63, 3.8) is 0 Å². The van der Waals surface area contributed by atoms with Crippen molar-refractivity contribution in [3.05, 3.63) is 179 Å². The highest BCUT2D eigenvalue weighted by Gasteiger charge is 2.24. The van der Waals surface area contributed by atoms with E-state index in [0.717, 1.165) is 67.1 Å². The Morgan fingerprint density at radius 1 is 0.367 bits per heavy atom. The van der Waals surface area contributed by atoms with Gasteiger partial charge in [0.15, 0.2) is 0 Å². The third-order valence-corrected chi connectivity index (χ3v) is 11.1. The predicted octanol–water partition coefficient (Wildman–Crippen LogP) is 8.54. The molecule has 1 aliphatic carbocycles. The molecule has 12 nitrogen and oxygen atoms in total. The lowest BCUT2D eigenvalue weighted by atomic mass is 9.91. The maximum absolute atomic E-state index is 6.10. The van der Waals surface area contributed by atoms with Crippen LogP contribution in [0.1, 0.15) is 33.4 Å². The second-order valence-corrected chi connectivity index (χ2v) is 14.6. The van der Waals surface area contributed by atoms with Gasteiger partial charge in [-0.2, -0.15) is 0 Å². The third-order valence-electron chi connectivity index (χ3n) is 11.1. The minimum Gasteiger partial charge on any atom is -0.496 e. The van der Waals surface area contributed by atoms with Crippen molar-refractivity contribution >= 4 is 0 Å². The molecule has 0 amide bonds. The Morgan fingerprint density at radius 3 is 0.900 bits per heavy atom. The molecule has 0 spiro atoms. The molecule has 60 heavy (non-hydrogen) atoms. The van der Waals surface area contributed by atoms with E-state index in [0.29, 0.717) is 53.6 Å². The molecule has 0 N–H and O–H groups in total. The van der Waals surface area contributed by atoms with Crippen LogP contribution in [0.15, 0.2) is 146 Å². The molecule has 0 aliphatic heterocycles. The zero-order valence-electron chi connectivity index (χ0n) is 33.2. The summed E-state index contributed by atoms with van der Waals surface area (Å²) in [5, 5.41) is 27.3. The van der Waals surface area contributed by atoms with Crippen LogP contribution in [0.5, 0.6) is 17.2 Å². The van der Waals surface area contributed by atoms with E-state index in [1.54, 1.807) is 35.4 Å². The number of nitrogens with zero attached hydrogens (tertiary/aromatic N) is 9. The van der Waals surface area contributed by atoms with E-state index in [4.69, 9.17) is 14.2 Å². The summed E-state index contributed by atoms with van der Waals surface area (Å²) in [6.07, 6.45) is 7.72. The summed E-state index contributed by atoms with van der Waals surface area (Å²) < 4.78 is 23.6. The first kappa shape index (κ1) is 36.5. The molecule has 0 fully saturated rings. The van der Waals surface area contributed by atoms with Gasteiger partial charge in [0.25, 0.3) is 0 Å². The topological polar surface area (TPSA) is 120 Å². The highest BCUT2D eigenvalue weighted by molar-refractivity contribution is 5.74. The largest absolute Gasteiger partial charge is 0.496 e. The Bertz CT molecular complexity index is 2650. The highest BCUT2D eigenvalue weighted by Crippen LogP contribution is 2.41. The van der Waals surface area contributed by atoms with Gasteiger partial charge < -0.3 is 14.2 Å². The van der Waals surface area contributed by atoms with Crippen LogP contribution in [0.25, 0.3) is 50.8 Å². The first-order valence-corrected chi connectivity index (χ1v) is 19.6. The van der Waals surface area contributed by atoms with Crippen molar-refractivity contribution in [2.75, 3.05) is 21.3 Å². The number of para-hydroxylation sites is 3. The molecule has 0 radical (unpaired) electrons. The van der Waals surface area contributed by atoms with Crippen LogP contribution in [0.4, 0.5) is 0 Å². The van der Waals surface area contributed by atoms with Gasteiger partial charge in [-0.3, -0.25) is 0 Å². The number of aromatic nitrogens is 9. The Morgan fingerprint density at radius 2 is 0.633 bits per heavy atom. The molecule has 1 aliphatic rings. The fourth-order valence-electron chi connectivity index (χ4n) is 7.99. The molecule has 0 saturated heterocycles. The summed E-state index contributed by atoms with van der Waals surface area (Å²) in [6.45, 7) is 0. The summed E-state index contributed by atoms with van der Waals surface area (Å²) in [4.78, 5) is 0. The van der Waals surface area contributed by atoms with Crippen molar-refractivity contribution in [1.82, 2.24) is 45.0 Å². The lowest BCUT2D eigenvalue weighted by molar-refractivity contribution is 0.415. The first-order valence-electron chi connectivity index (χ1n) is 19.6. The van der Waals surface area contributed by atoms with E-state index in [1.165, 1.54) is 0 Å². The van der Waals surface area contributed by atoms with Gasteiger partial charge in [0, 0.05) is 16.7 Å². The summed E-state index contributed by atoms with van der Waals surface area (Å²) >= 11 is 0. The molecule has 12 heteroatoms. The standard InChI is InChI=1S/C48H39N9O3/c1-58-46-25-34-19-32-23-41(44-29-56(53-50-44)38-15-9-5-10-16-38)48(60-3)27-36(32)21-33-24-42(45-30-57(54-51-45)39-17-11-6-12-18-39)47(59-2)26-35(33)20-31(34)22-40(46)43-28-55(52-49-43)37-13-7-4-8-14-37/h4-18,22-30H,19-21H2,1-3H3. The van der Waals surface area contributed by atoms with Crippen molar-refractivity contribution in [3.8, 4) is 68.1 Å². The maximum atomic E-state index is 6.10. The lowest BCUT2D eigenvalue weighted by Crippen LogP contribution is -2.02. The van der Waals surface area contributed by atoms with Crippen molar-refractivity contribution in [2.45, 2.75) is 19.3 Å². The molecule has 3 aromatic heterocycles. The zero-order valence-corrected chi connectivity index (χ0v) is 33.2. The van der Waals surface area contributed by atoms with Crippen LogP contribution in [0.3, 0.4) is 0 Å². The molecule has 6 aromatic carbocycles. The van der Waals surface area contributed by atoms with Crippen LogP contribution in [0, 0.1) is 0 Å². The molecular weight excluding hydrogens is 751 g/mol. The number of hydrogen-bond donors (Lipinski definition) is 0. The van der Waals surface area contributed by atoms with E-state index in [1.807, 2.05) is 110 Å². The summed E-state index contributed by atoms with van der Waals surface area (Å²) in [7, 11) is 5.10.